The molecule has 0 N–H and O–H groups in total. The van der Waals surface area contributed by atoms with Gasteiger partial charge in [-0.2, -0.15) is 0 Å². The minimum absolute atomic E-state index is 0.176. The summed E-state index contributed by atoms with van der Waals surface area (Å²) in [7, 11) is -3.02. The average molecular weight is 238 g/mol. The molecule has 16 heavy (non-hydrogen) atoms. The van der Waals surface area contributed by atoms with Crippen molar-refractivity contribution in [2.24, 2.45) is 0 Å². The first-order chi connectivity index (χ1) is 7.58. The third-order valence-corrected chi connectivity index (χ3v) is 5.21. The maximum Gasteiger partial charge on any atom is 0.178 e. The van der Waals surface area contributed by atoms with E-state index >= 15 is 0 Å². The third kappa shape index (κ3) is 1.57. The smallest absolute Gasteiger partial charge is 0.178 e. The molecule has 2 atom stereocenters. The van der Waals surface area contributed by atoms with Gasteiger partial charge in [0.15, 0.2) is 9.84 Å². The van der Waals surface area contributed by atoms with Gasteiger partial charge in [-0.05, 0) is 37.0 Å². The Hall–Kier alpha value is -0.870. The number of benzene rings is 1. The number of aryl methyl sites for hydroxylation is 1. The summed E-state index contributed by atoms with van der Waals surface area (Å²) in [4.78, 5) is 0.524. The summed E-state index contributed by atoms with van der Waals surface area (Å²) < 4.78 is 29.0. The fourth-order valence-electron chi connectivity index (χ4n) is 2.37. The van der Waals surface area contributed by atoms with Gasteiger partial charge in [-0.15, -0.1) is 0 Å². The highest BCUT2D eigenvalue weighted by atomic mass is 32.2. The summed E-state index contributed by atoms with van der Waals surface area (Å²) >= 11 is 0. The molecule has 0 aliphatic carbocycles. The summed E-state index contributed by atoms with van der Waals surface area (Å²) in [5.74, 6) is 0.287. The van der Waals surface area contributed by atoms with Crippen LogP contribution in [0, 0.1) is 0 Å². The Morgan fingerprint density at radius 1 is 1.38 bits per heavy atom. The van der Waals surface area contributed by atoms with Gasteiger partial charge in [-0.25, -0.2) is 8.42 Å². The van der Waals surface area contributed by atoms with Crippen molar-refractivity contribution in [3.63, 3.8) is 0 Å². The monoisotopic (exact) mass is 238 g/mol. The second-order valence-corrected chi connectivity index (χ2v) is 6.63. The van der Waals surface area contributed by atoms with Crippen LogP contribution in [0.2, 0.25) is 0 Å². The summed E-state index contributed by atoms with van der Waals surface area (Å²) in [6, 6.07) is 5.63. The van der Waals surface area contributed by atoms with Crippen LogP contribution in [-0.2, 0) is 21.0 Å². The largest absolute Gasteiger partial charge is 0.365 e. The lowest BCUT2D eigenvalue weighted by Crippen LogP contribution is -2.16. The summed E-state index contributed by atoms with van der Waals surface area (Å²) in [6.45, 7) is 2.03. The lowest BCUT2D eigenvalue weighted by atomic mass is 10.0. The van der Waals surface area contributed by atoms with Crippen LogP contribution in [0.25, 0.3) is 0 Å². The van der Waals surface area contributed by atoms with Crippen molar-refractivity contribution in [2.75, 3.05) is 5.75 Å². The van der Waals surface area contributed by atoms with Crippen molar-refractivity contribution in [2.45, 2.75) is 36.9 Å². The van der Waals surface area contributed by atoms with Gasteiger partial charge in [0.2, 0.25) is 0 Å². The predicted molar refractivity (Wildman–Crippen MR) is 60.1 cm³/mol. The summed E-state index contributed by atoms with van der Waals surface area (Å²) in [5.41, 5.74) is 2.08. The first kappa shape index (κ1) is 10.3. The molecule has 2 aliphatic rings. The molecular formula is C12H14O3S. The molecule has 1 saturated heterocycles. The van der Waals surface area contributed by atoms with E-state index in [-0.39, 0.29) is 18.0 Å². The van der Waals surface area contributed by atoms with Gasteiger partial charge in [0.05, 0.1) is 16.8 Å². The average Bonchev–Trinajstić information content (AvgIpc) is 2.94. The molecule has 1 fully saturated rings. The molecule has 3 nitrogen and oxygen atoms in total. The van der Waals surface area contributed by atoms with Gasteiger partial charge in [-0.1, -0.05) is 12.1 Å². The molecule has 4 heteroatoms. The van der Waals surface area contributed by atoms with Crippen LogP contribution in [0.4, 0.5) is 0 Å². The Bertz CT molecular complexity index is 533. The van der Waals surface area contributed by atoms with Crippen molar-refractivity contribution in [1.82, 2.24) is 0 Å². The normalized spacial score (nSPS) is 30.8. The van der Waals surface area contributed by atoms with E-state index in [1.807, 2.05) is 19.1 Å². The molecule has 0 radical (unpaired) electrons. The van der Waals surface area contributed by atoms with E-state index in [2.05, 4.69) is 0 Å². The Kier molecular flexibility index (Phi) is 2.13. The number of hydrogen-bond acceptors (Lipinski definition) is 3. The second-order valence-electron chi connectivity index (χ2n) is 4.55. The molecule has 1 aromatic carbocycles. The van der Waals surface area contributed by atoms with Crippen LogP contribution in [-0.4, -0.2) is 20.3 Å². The van der Waals surface area contributed by atoms with E-state index in [1.54, 1.807) is 6.07 Å². The predicted octanol–water partition coefficient (Wildman–Crippen LogP) is 1.87. The first-order valence-electron chi connectivity index (χ1n) is 5.59. The second kappa shape index (κ2) is 3.31. The molecule has 0 saturated carbocycles. The maximum absolute atomic E-state index is 11.8. The highest BCUT2D eigenvalue weighted by Crippen LogP contribution is 2.39. The van der Waals surface area contributed by atoms with Crippen LogP contribution < -0.4 is 0 Å². The molecule has 0 amide bonds. The number of sulfone groups is 1. The van der Waals surface area contributed by atoms with Gasteiger partial charge >= 0.3 is 0 Å². The zero-order valence-corrected chi connectivity index (χ0v) is 9.96. The van der Waals surface area contributed by atoms with E-state index in [9.17, 15) is 8.42 Å². The van der Waals surface area contributed by atoms with E-state index in [0.29, 0.717) is 4.90 Å². The van der Waals surface area contributed by atoms with Gasteiger partial charge in [0.25, 0.3) is 0 Å². The molecule has 0 aromatic heterocycles. The summed E-state index contributed by atoms with van der Waals surface area (Å²) in [5, 5.41) is 0. The lowest BCUT2D eigenvalue weighted by molar-refractivity contribution is 0.383. The Labute approximate surface area is 95.3 Å². The molecule has 1 aromatic rings. The fraction of sp³-hybridized carbons (Fsp3) is 0.500. The van der Waals surface area contributed by atoms with E-state index in [0.717, 1.165) is 24.0 Å². The zero-order chi connectivity index (χ0) is 11.3. The number of hydrogen-bond donors (Lipinski definition) is 0. The van der Waals surface area contributed by atoms with Gasteiger partial charge in [0.1, 0.15) is 6.10 Å². The molecule has 3 rings (SSSR count). The Morgan fingerprint density at radius 2 is 2.12 bits per heavy atom. The molecule has 0 spiro atoms. The third-order valence-electron chi connectivity index (χ3n) is 3.32. The summed E-state index contributed by atoms with van der Waals surface area (Å²) in [6.07, 6.45) is 2.05. The van der Waals surface area contributed by atoms with Gasteiger partial charge in [0, 0.05) is 0 Å². The molecule has 0 bridgehead atoms. The number of ether oxygens (including phenoxy) is 1. The van der Waals surface area contributed by atoms with E-state index < -0.39 is 9.84 Å². The van der Waals surface area contributed by atoms with E-state index in [4.69, 9.17) is 4.74 Å². The van der Waals surface area contributed by atoms with Crippen molar-refractivity contribution in [3.8, 4) is 0 Å². The first-order valence-corrected chi connectivity index (χ1v) is 7.24. The van der Waals surface area contributed by atoms with Crippen molar-refractivity contribution in [1.29, 1.82) is 0 Å². The number of rotatable bonds is 1. The van der Waals surface area contributed by atoms with Crippen LogP contribution in [0.3, 0.4) is 0 Å². The topological polar surface area (TPSA) is 46.7 Å². The zero-order valence-electron chi connectivity index (χ0n) is 9.14. The number of epoxide rings is 1. The Morgan fingerprint density at radius 3 is 2.81 bits per heavy atom. The molecular weight excluding hydrogens is 224 g/mol. The lowest BCUT2D eigenvalue weighted by Gasteiger charge is -2.16. The van der Waals surface area contributed by atoms with Crippen molar-refractivity contribution < 1.29 is 13.2 Å². The van der Waals surface area contributed by atoms with Crippen LogP contribution >= 0.6 is 0 Å². The maximum atomic E-state index is 11.8. The fourth-order valence-corrected chi connectivity index (χ4v) is 3.95. The van der Waals surface area contributed by atoms with Gasteiger partial charge < -0.3 is 4.74 Å². The highest BCUT2D eigenvalue weighted by Gasteiger charge is 2.36. The minimum atomic E-state index is -3.02. The van der Waals surface area contributed by atoms with Crippen LogP contribution in [0.15, 0.2) is 23.1 Å². The number of fused-ring (bicyclic) bond motifs is 1. The molecule has 2 aliphatic heterocycles. The van der Waals surface area contributed by atoms with Crippen LogP contribution in [0.5, 0.6) is 0 Å². The van der Waals surface area contributed by atoms with E-state index in [1.165, 1.54) is 0 Å². The van der Waals surface area contributed by atoms with Gasteiger partial charge in [-0.3, -0.25) is 0 Å². The van der Waals surface area contributed by atoms with Crippen molar-refractivity contribution in [3.05, 3.63) is 29.3 Å². The van der Waals surface area contributed by atoms with Crippen molar-refractivity contribution >= 4 is 9.84 Å². The highest BCUT2D eigenvalue weighted by molar-refractivity contribution is 7.91. The molecule has 86 valence electrons. The van der Waals surface area contributed by atoms with Crippen LogP contribution in [0.1, 0.15) is 30.6 Å². The quantitative estimate of drug-likeness (QED) is 0.702. The molecule has 2 heterocycles. The Balaban J connectivity index is 2.05. The standard InChI is InChI=1S/C12H14O3S/c1-8-12(15-8)10-4-5-11-9(7-10)3-2-6-16(11,13)14/h4-5,7-8,12H,2-3,6H2,1H3. The minimum Gasteiger partial charge on any atom is -0.365 e. The molecule has 2 unspecified atom stereocenters. The SMILES string of the molecule is CC1OC1c1ccc2c(c1)CCCS2(=O)=O.